The fourth-order valence-corrected chi connectivity index (χ4v) is 3.57. The van der Waals surface area contributed by atoms with Gasteiger partial charge in [0.25, 0.3) is 0 Å². The number of nitrogens with zero attached hydrogens (tertiary/aromatic N) is 1. The van der Waals surface area contributed by atoms with Crippen LogP contribution in [0.4, 0.5) is 13.2 Å². The van der Waals surface area contributed by atoms with Crippen molar-refractivity contribution in [3.05, 3.63) is 35.9 Å². The molecular formula is C20H27F3N2O4. The number of fused-ring (bicyclic) bond motifs is 1. The number of carboxylic acids is 1. The first-order chi connectivity index (χ1) is 13.6. The zero-order valence-corrected chi connectivity index (χ0v) is 16.5. The van der Waals surface area contributed by atoms with E-state index in [1.165, 1.54) is 5.56 Å². The van der Waals surface area contributed by atoms with Crippen molar-refractivity contribution in [1.82, 2.24) is 10.2 Å². The van der Waals surface area contributed by atoms with E-state index in [-0.39, 0.29) is 24.2 Å². The Hall–Kier alpha value is -2.13. The van der Waals surface area contributed by atoms with Gasteiger partial charge in [-0.15, -0.1) is 0 Å². The number of likely N-dealkylation sites (tertiary alicyclic amines) is 1. The SMILES string of the molecule is CC(C)NC(=O)[C@H]1C[C@H]2[C@H](CCN2CCc2ccccc2)O1.O=C(O)C(F)(F)F. The zero-order valence-electron chi connectivity index (χ0n) is 16.5. The minimum atomic E-state index is -5.08. The molecule has 1 aromatic rings. The van der Waals surface area contributed by atoms with Gasteiger partial charge < -0.3 is 15.2 Å². The summed E-state index contributed by atoms with van der Waals surface area (Å²) in [4.78, 5) is 23.5. The van der Waals surface area contributed by atoms with E-state index in [1.54, 1.807) is 0 Å². The van der Waals surface area contributed by atoms with Gasteiger partial charge in [0.2, 0.25) is 5.91 Å². The molecule has 0 radical (unpaired) electrons. The molecule has 2 aliphatic rings. The molecule has 2 heterocycles. The van der Waals surface area contributed by atoms with Gasteiger partial charge in [0.15, 0.2) is 0 Å². The lowest BCUT2D eigenvalue weighted by atomic mass is 10.1. The summed E-state index contributed by atoms with van der Waals surface area (Å²) in [6.07, 6.45) is -2.17. The molecule has 2 fully saturated rings. The average Bonchev–Trinajstić information content (AvgIpc) is 3.21. The third-order valence-electron chi connectivity index (χ3n) is 4.89. The number of carbonyl (C=O) groups excluding carboxylic acids is 1. The summed E-state index contributed by atoms with van der Waals surface area (Å²) in [6, 6.07) is 11.2. The predicted molar refractivity (Wildman–Crippen MR) is 100 cm³/mol. The summed E-state index contributed by atoms with van der Waals surface area (Å²) in [5, 5.41) is 10.1. The molecule has 29 heavy (non-hydrogen) atoms. The van der Waals surface area contributed by atoms with E-state index in [1.807, 2.05) is 13.8 Å². The number of alkyl halides is 3. The molecule has 0 saturated carbocycles. The molecule has 2 saturated heterocycles. The van der Waals surface area contributed by atoms with Crippen molar-refractivity contribution in [1.29, 1.82) is 0 Å². The van der Waals surface area contributed by atoms with Crippen LogP contribution in [0.2, 0.25) is 0 Å². The molecular weight excluding hydrogens is 389 g/mol. The van der Waals surface area contributed by atoms with Crippen molar-refractivity contribution in [2.24, 2.45) is 0 Å². The normalized spacial score (nSPS) is 24.0. The second kappa shape index (κ2) is 10.1. The van der Waals surface area contributed by atoms with E-state index >= 15 is 0 Å². The highest BCUT2D eigenvalue weighted by Gasteiger charge is 2.45. The van der Waals surface area contributed by atoms with Crippen molar-refractivity contribution >= 4 is 11.9 Å². The van der Waals surface area contributed by atoms with Gasteiger partial charge in [0.1, 0.15) is 6.10 Å². The summed E-state index contributed by atoms with van der Waals surface area (Å²) >= 11 is 0. The van der Waals surface area contributed by atoms with E-state index in [2.05, 4.69) is 40.5 Å². The van der Waals surface area contributed by atoms with Gasteiger partial charge in [0, 0.05) is 31.6 Å². The molecule has 9 heteroatoms. The van der Waals surface area contributed by atoms with E-state index in [0.717, 1.165) is 32.4 Å². The summed E-state index contributed by atoms with van der Waals surface area (Å²) in [5.41, 5.74) is 1.37. The third kappa shape index (κ3) is 7.01. The van der Waals surface area contributed by atoms with Gasteiger partial charge in [-0.05, 0) is 32.3 Å². The Morgan fingerprint density at radius 1 is 1.28 bits per heavy atom. The largest absolute Gasteiger partial charge is 0.490 e. The molecule has 2 aliphatic heterocycles. The smallest absolute Gasteiger partial charge is 0.475 e. The van der Waals surface area contributed by atoms with Crippen molar-refractivity contribution in [3.63, 3.8) is 0 Å². The molecule has 3 atom stereocenters. The van der Waals surface area contributed by atoms with Crippen LogP contribution in [0.15, 0.2) is 30.3 Å². The van der Waals surface area contributed by atoms with E-state index in [9.17, 15) is 18.0 Å². The number of carbonyl (C=O) groups is 2. The van der Waals surface area contributed by atoms with Crippen LogP contribution in [0.1, 0.15) is 32.3 Å². The predicted octanol–water partition coefficient (Wildman–Crippen LogP) is 2.62. The number of carboxylic acid groups (broad SMARTS) is 1. The Balaban J connectivity index is 0.000000370. The average molecular weight is 416 g/mol. The van der Waals surface area contributed by atoms with Crippen LogP contribution in [-0.4, -0.2) is 65.4 Å². The molecule has 2 N–H and O–H groups in total. The number of rotatable bonds is 5. The highest BCUT2D eigenvalue weighted by atomic mass is 19.4. The number of amides is 1. The Labute approximate surface area is 168 Å². The number of halogens is 3. The van der Waals surface area contributed by atoms with Gasteiger partial charge in [-0.3, -0.25) is 9.69 Å². The standard InChI is InChI=1S/C18H26N2O2.C2HF3O2/c1-13(2)19-18(21)17-12-15-16(22-17)9-11-20(15)10-8-14-6-4-3-5-7-14;3-2(4,5)1(6)7/h3-7,13,15-17H,8-12H2,1-2H3,(H,19,21);(H,6,7)/t15-,16-,17+;/m0./s1. The summed E-state index contributed by atoms with van der Waals surface area (Å²) in [6.45, 7) is 6.10. The zero-order chi connectivity index (χ0) is 21.6. The van der Waals surface area contributed by atoms with Crippen LogP contribution in [0, 0.1) is 0 Å². The first-order valence-corrected chi connectivity index (χ1v) is 9.62. The Kier molecular flexibility index (Phi) is 8.04. The first kappa shape index (κ1) is 23.2. The number of hydrogen-bond acceptors (Lipinski definition) is 4. The molecule has 0 unspecified atom stereocenters. The fourth-order valence-electron chi connectivity index (χ4n) is 3.57. The van der Waals surface area contributed by atoms with Crippen molar-refractivity contribution < 1.29 is 32.6 Å². The lowest BCUT2D eigenvalue weighted by molar-refractivity contribution is -0.192. The summed E-state index contributed by atoms with van der Waals surface area (Å²) < 4.78 is 37.7. The van der Waals surface area contributed by atoms with E-state index in [0.29, 0.717) is 6.04 Å². The van der Waals surface area contributed by atoms with Crippen LogP contribution in [0.3, 0.4) is 0 Å². The third-order valence-corrected chi connectivity index (χ3v) is 4.89. The van der Waals surface area contributed by atoms with Gasteiger partial charge in [-0.1, -0.05) is 30.3 Å². The molecule has 1 amide bonds. The van der Waals surface area contributed by atoms with Gasteiger partial charge in [-0.25, -0.2) is 4.79 Å². The van der Waals surface area contributed by atoms with Crippen LogP contribution in [-0.2, 0) is 20.7 Å². The molecule has 0 bridgehead atoms. The Morgan fingerprint density at radius 3 is 2.45 bits per heavy atom. The number of benzene rings is 1. The molecule has 6 nitrogen and oxygen atoms in total. The summed E-state index contributed by atoms with van der Waals surface area (Å²) in [7, 11) is 0. The van der Waals surface area contributed by atoms with Gasteiger partial charge in [0.05, 0.1) is 6.10 Å². The second-order valence-electron chi connectivity index (χ2n) is 7.49. The minimum Gasteiger partial charge on any atom is -0.475 e. The molecule has 3 rings (SSSR count). The van der Waals surface area contributed by atoms with Crippen molar-refractivity contribution in [3.8, 4) is 0 Å². The number of ether oxygens (including phenoxy) is 1. The van der Waals surface area contributed by atoms with Crippen LogP contribution in [0.25, 0.3) is 0 Å². The molecule has 1 aromatic carbocycles. The number of hydrogen-bond donors (Lipinski definition) is 2. The molecule has 162 valence electrons. The van der Waals surface area contributed by atoms with Crippen LogP contribution < -0.4 is 5.32 Å². The Bertz CT molecular complexity index is 682. The van der Waals surface area contributed by atoms with Gasteiger partial charge >= 0.3 is 12.1 Å². The fraction of sp³-hybridized carbons (Fsp3) is 0.600. The maximum atomic E-state index is 12.1. The maximum absolute atomic E-state index is 12.1. The highest BCUT2D eigenvalue weighted by Crippen LogP contribution is 2.33. The lowest BCUT2D eigenvalue weighted by Gasteiger charge is -2.22. The second-order valence-corrected chi connectivity index (χ2v) is 7.49. The molecule has 0 aliphatic carbocycles. The number of nitrogens with one attached hydrogen (secondary N) is 1. The molecule has 0 spiro atoms. The maximum Gasteiger partial charge on any atom is 0.490 e. The topological polar surface area (TPSA) is 78.9 Å². The van der Waals surface area contributed by atoms with Crippen LogP contribution >= 0.6 is 0 Å². The van der Waals surface area contributed by atoms with E-state index in [4.69, 9.17) is 14.6 Å². The first-order valence-electron chi connectivity index (χ1n) is 9.62. The quantitative estimate of drug-likeness (QED) is 0.772. The monoisotopic (exact) mass is 416 g/mol. The highest BCUT2D eigenvalue weighted by molar-refractivity contribution is 5.81. The van der Waals surface area contributed by atoms with Crippen molar-refractivity contribution in [2.45, 2.75) is 63.6 Å². The lowest BCUT2D eigenvalue weighted by Crippen LogP contribution is -2.40. The van der Waals surface area contributed by atoms with Crippen LogP contribution in [0.5, 0.6) is 0 Å². The van der Waals surface area contributed by atoms with E-state index < -0.39 is 12.1 Å². The van der Waals surface area contributed by atoms with Gasteiger partial charge in [-0.2, -0.15) is 13.2 Å². The summed E-state index contributed by atoms with van der Waals surface area (Å²) in [5.74, 6) is -2.71. The number of aliphatic carboxylic acids is 1. The molecule has 0 aromatic heterocycles. The van der Waals surface area contributed by atoms with Crippen molar-refractivity contribution in [2.75, 3.05) is 13.1 Å². The Morgan fingerprint density at radius 2 is 1.90 bits per heavy atom. The minimum absolute atomic E-state index is 0.0485.